The van der Waals surface area contributed by atoms with Crippen molar-refractivity contribution in [2.24, 2.45) is 0 Å². The molecule has 2 aromatic carbocycles. The van der Waals surface area contributed by atoms with Gasteiger partial charge in [0, 0.05) is 50.5 Å². The highest BCUT2D eigenvalue weighted by Crippen LogP contribution is 2.19. The molecule has 0 radical (unpaired) electrons. The van der Waals surface area contributed by atoms with E-state index in [4.69, 9.17) is 0 Å². The van der Waals surface area contributed by atoms with Crippen LogP contribution in [0.3, 0.4) is 0 Å². The van der Waals surface area contributed by atoms with Crippen LogP contribution in [0.5, 0.6) is 0 Å². The zero-order valence-corrected chi connectivity index (χ0v) is 18.2. The highest BCUT2D eigenvalue weighted by Gasteiger charge is 2.14. The minimum atomic E-state index is -0.0615. The molecule has 0 unspecified atom stereocenters. The van der Waals surface area contributed by atoms with Crippen LogP contribution < -0.4 is 15.8 Å². The number of anilines is 2. The van der Waals surface area contributed by atoms with Crippen molar-refractivity contribution in [3.8, 4) is 0 Å². The molecule has 1 amide bonds. The Morgan fingerprint density at radius 3 is 2.55 bits per heavy atom. The van der Waals surface area contributed by atoms with Gasteiger partial charge in [-0.25, -0.2) is 4.98 Å². The van der Waals surface area contributed by atoms with Gasteiger partial charge < -0.3 is 15.1 Å². The number of fused-ring (bicyclic) bond motifs is 1. The molecule has 1 aliphatic rings. The van der Waals surface area contributed by atoms with Crippen LogP contribution in [0.25, 0.3) is 10.9 Å². The average molecular weight is 420 g/mol. The molecule has 7 heteroatoms. The summed E-state index contributed by atoms with van der Waals surface area (Å²) in [6, 6.07) is 13.6. The minimum absolute atomic E-state index is 0.0509. The molecular weight excluding hydrogens is 390 g/mol. The lowest BCUT2D eigenvalue weighted by Gasteiger charge is -2.34. The molecule has 0 atom stereocenters. The third-order valence-electron chi connectivity index (χ3n) is 5.88. The van der Waals surface area contributed by atoms with Gasteiger partial charge in [0.1, 0.15) is 0 Å². The van der Waals surface area contributed by atoms with Gasteiger partial charge >= 0.3 is 0 Å². The Hall–Kier alpha value is -3.19. The fourth-order valence-electron chi connectivity index (χ4n) is 3.95. The van der Waals surface area contributed by atoms with Gasteiger partial charge in [0.05, 0.1) is 17.2 Å². The molecule has 0 bridgehead atoms. The number of nitrogens with zero attached hydrogens (tertiary/aromatic N) is 4. The number of likely N-dealkylation sites (N-methyl/N-ethyl adjacent to an activating group) is 1. The predicted octanol–water partition coefficient (Wildman–Crippen LogP) is 2.88. The number of hydrogen-bond donors (Lipinski definition) is 1. The lowest BCUT2D eigenvalue weighted by molar-refractivity contribution is -0.116. The number of piperazine rings is 1. The first-order valence-corrected chi connectivity index (χ1v) is 10.8. The Morgan fingerprint density at radius 2 is 1.81 bits per heavy atom. The van der Waals surface area contributed by atoms with E-state index in [1.54, 1.807) is 17.0 Å². The SMILES string of the molecule is Cc1cccc2c(=O)n(CCCC(=O)Nc3ccc(N4CCN(C)CC4)cc3)cnc12. The molecule has 2 heterocycles. The Bertz CT molecular complexity index is 1120. The Kier molecular flexibility index (Phi) is 6.32. The summed E-state index contributed by atoms with van der Waals surface area (Å²) < 4.78 is 1.58. The molecule has 1 aliphatic heterocycles. The van der Waals surface area contributed by atoms with Crippen molar-refractivity contribution in [3.63, 3.8) is 0 Å². The number of benzene rings is 2. The van der Waals surface area contributed by atoms with Crippen LogP contribution in [-0.4, -0.2) is 53.6 Å². The zero-order valence-electron chi connectivity index (χ0n) is 18.2. The summed E-state index contributed by atoms with van der Waals surface area (Å²) in [4.78, 5) is 34.1. The van der Waals surface area contributed by atoms with Crippen LogP contribution in [0.4, 0.5) is 11.4 Å². The maximum absolute atomic E-state index is 12.6. The largest absolute Gasteiger partial charge is 0.369 e. The second-order valence-electron chi connectivity index (χ2n) is 8.20. The number of rotatable bonds is 6. The number of para-hydroxylation sites is 1. The lowest BCUT2D eigenvalue weighted by Crippen LogP contribution is -2.44. The van der Waals surface area contributed by atoms with E-state index in [1.165, 1.54) is 5.69 Å². The van der Waals surface area contributed by atoms with E-state index in [2.05, 4.69) is 39.3 Å². The summed E-state index contributed by atoms with van der Waals surface area (Å²) in [6.45, 7) is 6.57. The van der Waals surface area contributed by atoms with E-state index < -0.39 is 0 Å². The highest BCUT2D eigenvalue weighted by atomic mass is 16.1. The van der Waals surface area contributed by atoms with E-state index in [0.717, 1.165) is 42.9 Å². The van der Waals surface area contributed by atoms with E-state index in [9.17, 15) is 9.59 Å². The van der Waals surface area contributed by atoms with Gasteiger partial charge in [-0.2, -0.15) is 0 Å². The number of hydrogen-bond acceptors (Lipinski definition) is 5. The Morgan fingerprint density at radius 1 is 1.06 bits per heavy atom. The number of carbonyl (C=O) groups is 1. The fraction of sp³-hybridized carbons (Fsp3) is 0.375. The molecule has 4 rings (SSSR count). The number of aryl methyl sites for hydroxylation is 2. The summed E-state index contributed by atoms with van der Waals surface area (Å²) in [5.74, 6) is -0.0509. The first kappa shape index (κ1) is 21.1. The van der Waals surface area contributed by atoms with Crippen molar-refractivity contribution >= 4 is 28.2 Å². The van der Waals surface area contributed by atoms with Crippen LogP contribution in [-0.2, 0) is 11.3 Å². The molecule has 31 heavy (non-hydrogen) atoms. The number of amides is 1. The van der Waals surface area contributed by atoms with E-state index in [0.29, 0.717) is 24.8 Å². The molecule has 1 aromatic heterocycles. The molecular formula is C24H29N5O2. The molecule has 162 valence electrons. The Balaban J connectivity index is 1.29. The summed E-state index contributed by atoms with van der Waals surface area (Å²) in [5.41, 5.74) is 3.64. The van der Waals surface area contributed by atoms with Gasteiger partial charge in [-0.1, -0.05) is 12.1 Å². The van der Waals surface area contributed by atoms with Crippen LogP contribution >= 0.6 is 0 Å². The summed E-state index contributed by atoms with van der Waals surface area (Å²) in [6.07, 6.45) is 2.50. The van der Waals surface area contributed by atoms with Crippen molar-refractivity contribution in [1.29, 1.82) is 0 Å². The first-order chi connectivity index (χ1) is 15.0. The molecule has 1 N–H and O–H groups in total. The van der Waals surface area contributed by atoms with Gasteiger partial charge in [-0.15, -0.1) is 0 Å². The van der Waals surface area contributed by atoms with E-state index in [1.807, 2.05) is 31.2 Å². The van der Waals surface area contributed by atoms with Crippen LogP contribution in [0.1, 0.15) is 18.4 Å². The Labute approximate surface area is 182 Å². The van der Waals surface area contributed by atoms with Gasteiger partial charge in [0.2, 0.25) is 5.91 Å². The van der Waals surface area contributed by atoms with E-state index >= 15 is 0 Å². The average Bonchev–Trinajstić information content (AvgIpc) is 2.77. The van der Waals surface area contributed by atoms with E-state index in [-0.39, 0.29) is 11.5 Å². The molecule has 0 aliphatic carbocycles. The number of aromatic nitrogens is 2. The molecule has 7 nitrogen and oxygen atoms in total. The van der Waals surface area contributed by atoms with Crippen molar-refractivity contribution in [1.82, 2.24) is 14.5 Å². The van der Waals surface area contributed by atoms with Crippen LogP contribution in [0.15, 0.2) is 53.6 Å². The topological polar surface area (TPSA) is 70.5 Å². The minimum Gasteiger partial charge on any atom is -0.369 e. The smallest absolute Gasteiger partial charge is 0.261 e. The van der Waals surface area contributed by atoms with Crippen molar-refractivity contribution in [2.45, 2.75) is 26.3 Å². The highest BCUT2D eigenvalue weighted by molar-refractivity contribution is 5.90. The number of nitrogens with one attached hydrogen (secondary N) is 1. The maximum atomic E-state index is 12.6. The molecule has 1 fully saturated rings. The first-order valence-electron chi connectivity index (χ1n) is 10.8. The van der Waals surface area contributed by atoms with Gasteiger partial charge in [0.25, 0.3) is 5.56 Å². The maximum Gasteiger partial charge on any atom is 0.261 e. The summed E-state index contributed by atoms with van der Waals surface area (Å²) >= 11 is 0. The quantitative estimate of drug-likeness (QED) is 0.665. The van der Waals surface area contributed by atoms with Crippen LogP contribution in [0, 0.1) is 6.92 Å². The second-order valence-corrected chi connectivity index (χ2v) is 8.20. The predicted molar refractivity (Wildman–Crippen MR) is 125 cm³/mol. The lowest BCUT2D eigenvalue weighted by atomic mass is 10.1. The third kappa shape index (κ3) is 4.94. The normalized spacial score (nSPS) is 14.7. The molecule has 1 saturated heterocycles. The molecule has 0 saturated carbocycles. The second kappa shape index (κ2) is 9.31. The molecule has 0 spiro atoms. The third-order valence-corrected chi connectivity index (χ3v) is 5.88. The summed E-state index contributed by atoms with van der Waals surface area (Å²) in [7, 11) is 2.14. The van der Waals surface area contributed by atoms with Crippen LogP contribution in [0.2, 0.25) is 0 Å². The van der Waals surface area contributed by atoms with Crippen molar-refractivity contribution in [3.05, 3.63) is 64.7 Å². The van der Waals surface area contributed by atoms with Gasteiger partial charge in [-0.05, 0) is 56.3 Å². The standard InChI is InChI=1S/C24H29N5O2/c1-18-5-3-6-21-23(18)25-17-29(24(21)31)12-4-7-22(30)26-19-8-10-20(11-9-19)28-15-13-27(2)14-16-28/h3,5-6,8-11,17H,4,7,12-16H2,1-2H3,(H,26,30). The summed E-state index contributed by atoms with van der Waals surface area (Å²) in [5, 5.41) is 3.57. The fourth-order valence-corrected chi connectivity index (χ4v) is 3.95. The van der Waals surface area contributed by atoms with Crippen molar-refractivity contribution in [2.75, 3.05) is 43.4 Å². The zero-order chi connectivity index (χ0) is 21.8. The monoisotopic (exact) mass is 419 g/mol. The van der Waals surface area contributed by atoms with Gasteiger partial charge in [0.15, 0.2) is 0 Å². The number of carbonyl (C=O) groups excluding carboxylic acids is 1. The molecule has 3 aromatic rings. The van der Waals surface area contributed by atoms with Gasteiger partial charge in [-0.3, -0.25) is 14.2 Å². The van der Waals surface area contributed by atoms with Crippen molar-refractivity contribution < 1.29 is 4.79 Å².